The van der Waals surface area contributed by atoms with Crippen molar-refractivity contribution in [1.82, 2.24) is 5.32 Å². The van der Waals surface area contributed by atoms with Gasteiger partial charge in [0.1, 0.15) is 11.5 Å². The van der Waals surface area contributed by atoms with Crippen LogP contribution in [-0.2, 0) is 0 Å². The van der Waals surface area contributed by atoms with Gasteiger partial charge in [-0.2, -0.15) is 0 Å². The number of hydrogen-bond donors (Lipinski definition) is 2. The number of ether oxygens (including phenoxy) is 1. The molecule has 0 aromatic heterocycles. The molecule has 0 aliphatic carbocycles. The van der Waals surface area contributed by atoms with E-state index < -0.39 is 0 Å². The molecule has 0 spiro atoms. The van der Waals surface area contributed by atoms with Gasteiger partial charge in [-0.1, -0.05) is 17.7 Å². The van der Waals surface area contributed by atoms with Gasteiger partial charge < -0.3 is 15.8 Å². The van der Waals surface area contributed by atoms with E-state index in [1.54, 1.807) is 24.3 Å². The van der Waals surface area contributed by atoms with E-state index in [2.05, 4.69) is 5.32 Å². The minimum Gasteiger partial charge on any atom is -0.455 e. The van der Waals surface area contributed by atoms with Crippen molar-refractivity contribution >= 4 is 23.2 Å². The molecule has 0 radical (unpaired) electrons. The number of anilines is 1. The second-order valence-corrected chi connectivity index (χ2v) is 5.06. The first-order valence-electron chi connectivity index (χ1n) is 6.63. The van der Waals surface area contributed by atoms with Crippen molar-refractivity contribution in [2.24, 2.45) is 0 Å². The second kappa shape index (κ2) is 6.50. The monoisotopic (exact) mass is 304 g/mol. The number of halogens is 1. The van der Waals surface area contributed by atoms with Crippen molar-refractivity contribution in [2.75, 3.05) is 12.3 Å². The predicted molar refractivity (Wildman–Crippen MR) is 85.1 cm³/mol. The Morgan fingerprint density at radius 1 is 1.24 bits per heavy atom. The Morgan fingerprint density at radius 3 is 2.71 bits per heavy atom. The van der Waals surface area contributed by atoms with Crippen molar-refractivity contribution in [1.29, 1.82) is 0 Å². The normalized spacial score (nSPS) is 10.2. The molecule has 0 fully saturated rings. The fourth-order valence-electron chi connectivity index (χ4n) is 1.87. The molecule has 0 saturated heterocycles. The number of benzene rings is 2. The quantitative estimate of drug-likeness (QED) is 0.845. The van der Waals surface area contributed by atoms with E-state index in [0.29, 0.717) is 34.3 Å². The largest absolute Gasteiger partial charge is 0.455 e. The lowest BCUT2D eigenvalue weighted by molar-refractivity contribution is 0.0953. The molecule has 0 heterocycles. The Hall–Kier alpha value is -2.20. The van der Waals surface area contributed by atoms with Crippen LogP contribution >= 0.6 is 11.6 Å². The highest BCUT2D eigenvalue weighted by Gasteiger charge is 2.14. The molecule has 3 N–H and O–H groups in total. The van der Waals surface area contributed by atoms with Crippen LogP contribution in [0.5, 0.6) is 11.5 Å². The summed E-state index contributed by atoms with van der Waals surface area (Å²) < 4.78 is 5.80. The summed E-state index contributed by atoms with van der Waals surface area (Å²) in [5.74, 6) is 0.664. The number of aryl methyl sites for hydroxylation is 1. The molecule has 0 bridgehead atoms. The van der Waals surface area contributed by atoms with Gasteiger partial charge in [-0.3, -0.25) is 4.79 Å². The number of nitrogen functional groups attached to an aromatic ring is 1. The van der Waals surface area contributed by atoms with Crippen LogP contribution in [0, 0.1) is 6.92 Å². The Kier molecular flexibility index (Phi) is 4.70. The summed E-state index contributed by atoms with van der Waals surface area (Å²) in [6, 6.07) is 10.4. The van der Waals surface area contributed by atoms with E-state index in [9.17, 15) is 4.79 Å². The van der Waals surface area contributed by atoms with Gasteiger partial charge in [0, 0.05) is 18.3 Å². The first-order valence-corrected chi connectivity index (χ1v) is 7.00. The van der Waals surface area contributed by atoms with Crippen LogP contribution in [0.15, 0.2) is 36.4 Å². The third-order valence-electron chi connectivity index (χ3n) is 2.89. The van der Waals surface area contributed by atoms with Gasteiger partial charge in [0.05, 0.1) is 10.6 Å². The maximum absolute atomic E-state index is 12.1. The van der Waals surface area contributed by atoms with Crippen LogP contribution in [-0.4, -0.2) is 12.5 Å². The number of rotatable bonds is 4. The smallest absolute Gasteiger partial charge is 0.255 e. The molecular weight excluding hydrogens is 288 g/mol. The maximum Gasteiger partial charge on any atom is 0.255 e. The number of nitrogens with two attached hydrogens (primary N) is 1. The summed E-state index contributed by atoms with van der Waals surface area (Å²) in [7, 11) is 0. The summed E-state index contributed by atoms with van der Waals surface area (Å²) >= 11 is 6.12. The molecule has 0 saturated carbocycles. The molecule has 0 atom stereocenters. The highest BCUT2D eigenvalue weighted by atomic mass is 35.5. The van der Waals surface area contributed by atoms with Crippen LogP contribution in [0.25, 0.3) is 0 Å². The SMILES string of the molecule is CCNC(=O)c1ccc(N)cc1Oc1cc(C)ccc1Cl. The zero-order valence-electron chi connectivity index (χ0n) is 11.9. The lowest BCUT2D eigenvalue weighted by Gasteiger charge is -2.13. The lowest BCUT2D eigenvalue weighted by atomic mass is 10.1. The van der Waals surface area contributed by atoms with Crippen molar-refractivity contribution < 1.29 is 9.53 Å². The van der Waals surface area contributed by atoms with Gasteiger partial charge in [-0.05, 0) is 43.7 Å². The summed E-state index contributed by atoms with van der Waals surface area (Å²) in [5, 5.41) is 3.22. The molecule has 110 valence electrons. The van der Waals surface area contributed by atoms with Gasteiger partial charge in [-0.25, -0.2) is 0 Å². The van der Waals surface area contributed by atoms with Gasteiger partial charge in [0.25, 0.3) is 5.91 Å². The first kappa shape index (κ1) is 15.2. The maximum atomic E-state index is 12.1. The average molecular weight is 305 g/mol. The third kappa shape index (κ3) is 3.67. The number of carbonyl (C=O) groups is 1. The van der Waals surface area contributed by atoms with E-state index in [4.69, 9.17) is 22.1 Å². The third-order valence-corrected chi connectivity index (χ3v) is 3.21. The molecule has 2 aromatic carbocycles. The van der Waals surface area contributed by atoms with E-state index >= 15 is 0 Å². The van der Waals surface area contributed by atoms with Crippen LogP contribution in [0.4, 0.5) is 5.69 Å². The minimum atomic E-state index is -0.212. The molecule has 1 amide bonds. The number of hydrogen-bond acceptors (Lipinski definition) is 3. The molecule has 21 heavy (non-hydrogen) atoms. The van der Waals surface area contributed by atoms with Crippen molar-refractivity contribution in [3.63, 3.8) is 0 Å². The molecule has 0 aliphatic heterocycles. The van der Waals surface area contributed by atoms with Crippen LogP contribution in [0.1, 0.15) is 22.8 Å². The van der Waals surface area contributed by atoms with Crippen molar-refractivity contribution in [3.8, 4) is 11.5 Å². The highest BCUT2D eigenvalue weighted by molar-refractivity contribution is 6.32. The van der Waals surface area contributed by atoms with Gasteiger partial charge in [0.15, 0.2) is 0 Å². The van der Waals surface area contributed by atoms with E-state index in [1.807, 2.05) is 26.0 Å². The van der Waals surface area contributed by atoms with Gasteiger partial charge in [-0.15, -0.1) is 0 Å². The summed E-state index contributed by atoms with van der Waals surface area (Å²) in [6.45, 7) is 4.33. The van der Waals surface area contributed by atoms with E-state index in [1.165, 1.54) is 0 Å². The molecule has 5 heteroatoms. The van der Waals surface area contributed by atoms with E-state index in [0.717, 1.165) is 5.56 Å². The molecule has 2 rings (SSSR count). The molecule has 2 aromatic rings. The van der Waals surface area contributed by atoms with Crippen molar-refractivity contribution in [3.05, 3.63) is 52.5 Å². The number of carbonyl (C=O) groups excluding carboxylic acids is 1. The molecule has 4 nitrogen and oxygen atoms in total. The summed E-state index contributed by atoms with van der Waals surface area (Å²) in [6.07, 6.45) is 0. The molecule has 0 aliphatic rings. The molecular formula is C16H17ClN2O2. The van der Waals surface area contributed by atoms with Gasteiger partial charge >= 0.3 is 0 Å². The Labute approximate surface area is 128 Å². The lowest BCUT2D eigenvalue weighted by Crippen LogP contribution is -2.23. The zero-order chi connectivity index (χ0) is 15.4. The highest BCUT2D eigenvalue weighted by Crippen LogP contribution is 2.33. The number of amides is 1. The second-order valence-electron chi connectivity index (χ2n) is 4.65. The average Bonchev–Trinajstić information content (AvgIpc) is 2.43. The predicted octanol–water partition coefficient (Wildman–Crippen LogP) is 3.77. The fourth-order valence-corrected chi connectivity index (χ4v) is 2.03. The van der Waals surface area contributed by atoms with Gasteiger partial charge in [0.2, 0.25) is 0 Å². The van der Waals surface area contributed by atoms with Crippen molar-refractivity contribution in [2.45, 2.75) is 13.8 Å². The Bertz CT molecular complexity index is 671. The molecule has 0 unspecified atom stereocenters. The Morgan fingerprint density at radius 2 is 2.00 bits per heavy atom. The fraction of sp³-hybridized carbons (Fsp3) is 0.188. The first-order chi connectivity index (χ1) is 10.0. The minimum absolute atomic E-state index is 0.212. The van der Waals surface area contributed by atoms with Crippen LogP contribution in [0.3, 0.4) is 0 Å². The van der Waals surface area contributed by atoms with Crippen LogP contribution < -0.4 is 15.8 Å². The summed E-state index contributed by atoms with van der Waals surface area (Å²) in [5.41, 5.74) is 7.73. The Balaban J connectivity index is 2.40. The van der Waals surface area contributed by atoms with E-state index in [-0.39, 0.29) is 5.91 Å². The standard InChI is InChI=1S/C16H17ClN2O2/c1-3-19-16(20)12-6-5-11(18)9-14(12)21-15-8-10(2)4-7-13(15)17/h4-9H,3,18H2,1-2H3,(H,19,20). The number of nitrogens with one attached hydrogen (secondary N) is 1. The zero-order valence-corrected chi connectivity index (χ0v) is 12.7. The topological polar surface area (TPSA) is 64.4 Å². The van der Waals surface area contributed by atoms with Crippen LogP contribution in [0.2, 0.25) is 5.02 Å². The summed E-state index contributed by atoms with van der Waals surface area (Å²) in [4.78, 5) is 12.1.